The van der Waals surface area contributed by atoms with Gasteiger partial charge in [0.1, 0.15) is 12.6 Å². The summed E-state index contributed by atoms with van der Waals surface area (Å²) < 4.78 is 30.1. The van der Waals surface area contributed by atoms with E-state index in [0.717, 1.165) is 25.5 Å². The molecule has 1 N–H and O–H groups in total. The monoisotopic (exact) mass is 709 g/mol. The van der Waals surface area contributed by atoms with Gasteiger partial charge in [0.05, 0.1) is 15.6 Å². The summed E-state index contributed by atoms with van der Waals surface area (Å²) >= 11 is 10.0. The van der Waals surface area contributed by atoms with Crippen molar-refractivity contribution in [2.45, 2.75) is 57.1 Å². The molecule has 0 saturated carbocycles. The van der Waals surface area contributed by atoms with E-state index < -0.39 is 28.5 Å². The lowest BCUT2D eigenvalue weighted by Gasteiger charge is -2.34. The summed E-state index contributed by atoms with van der Waals surface area (Å²) in [5.74, 6) is -0.868. The number of carbonyl (C=O) groups is 2. The molecule has 0 aliphatic rings. The number of carbonyl (C=O) groups excluding carboxylic acids is 2. The predicted octanol–water partition coefficient (Wildman–Crippen LogP) is 7.16. The Kier molecular flexibility index (Phi) is 11.8. The molecule has 4 aromatic rings. The fraction of sp³-hybridized carbons (Fsp3) is 0.257. The van der Waals surface area contributed by atoms with E-state index in [0.29, 0.717) is 6.42 Å². The van der Waals surface area contributed by atoms with Crippen molar-refractivity contribution in [1.29, 1.82) is 0 Å². The van der Waals surface area contributed by atoms with Gasteiger partial charge in [0.25, 0.3) is 10.0 Å². The summed E-state index contributed by atoms with van der Waals surface area (Å²) in [6.07, 6.45) is 0.943. The number of aryl methyl sites for hydroxylation is 1. The van der Waals surface area contributed by atoms with Crippen LogP contribution in [0.25, 0.3) is 0 Å². The number of para-hydroxylation sites is 1. The van der Waals surface area contributed by atoms with Gasteiger partial charge in [0.15, 0.2) is 0 Å². The maximum absolute atomic E-state index is 14.5. The molecule has 0 spiro atoms. The third kappa shape index (κ3) is 8.96. The van der Waals surface area contributed by atoms with Gasteiger partial charge >= 0.3 is 0 Å². The summed E-state index contributed by atoms with van der Waals surface area (Å²) in [6.45, 7) is 5.24. The summed E-state index contributed by atoms with van der Waals surface area (Å²) in [5, 5.41) is 3.22. The zero-order chi connectivity index (χ0) is 32.6. The SMILES string of the molecule is CC[C@H](C)NC(=O)[C@@H](Cc1ccccc1)N(Cc1cccc(Br)c1)C(=O)CN(c1ccccc1Cl)S(=O)(=O)c1ccc(C)cc1. The standard InChI is InChI=1S/C35H37BrClN3O4S/c1-4-26(3)38-35(42)33(22-27-11-6-5-7-12-27)39(23-28-13-10-14-29(36)21-28)34(41)24-40(32-16-9-8-15-31(32)37)45(43,44)30-19-17-25(2)18-20-30/h5-21,26,33H,4,22-24H2,1-3H3,(H,38,42)/t26-,33+/m0/s1. The quantitative estimate of drug-likeness (QED) is 0.160. The van der Waals surface area contributed by atoms with Crippen LogP contribution in [-0.2, 0) is 32.6 Å². The average molecular weight is 711 g/mol. The number of hydrogen-bond acceptors (Lipinski definition) is 4. The zero-order valence-electron chi connectivity index (χ0n) is 25.5. The van der Waals surface area contributed by atoms with Crippen LogP contribution in [0.1, 0.15) is 37.0 Å². The molecule has 0 saturated heterocycles. The molecule has 45 heavy (non-hydrogen) atoms. The molecule has 4 aromatic carbocycles. The molecule has 0 aromatic heterocycles. The number of nitrogens with zero attached hydrogens (tertiary/aromatic N) is 2. The first-order chi connectivity index (χ1) is 21.5. The largest absolute Gasteiger partial charge is 0.352 e. The number of sulfonamides is 1. The maximum atomic E-state index is 14.5. The van der Waals surface area contributed by atoms with Gasteiger partial charge in [-0.05, 0) is 67.8 Å². The first-order valence-electron chi connectivity index (χ1n) is 14.7. The van der Waals surface area contributed by atoms with Crippen LogP contribution in [0.15, 0.2) is 112 Å². The minimum atomic E-state index is -4.24. The van der Waals surface area contributed by atoms with E-state index in [4.69, 9.17) is 11.6 Å². The minimum absolute atomic E-state index is 0.0229. The number of halogens is 2. The van der Waals surface area contributed by atoms with Crippen molar-refractivity contribution < 1.29 is 18.0 Å². The Morgan fingerprint density at radius 1 is 0.889 bits per heavy atom. The summed E-state index contributed by atoms with van der Waals surface area (Å²) in [7, 11) is -4.24. The molecule has 0 aliphatic heterocycles. The molecule has 10 heteroatoms. The van der Waals surface area contributed by atoms with Gasteiger partial charge in [-0.15, -0.1) is 0 Å². The molecule has 4 rings (SSSR count). The number of anilines is 1. The van der Waals surface area contributed by atoms with Gasteiger partial charge in [0.2, 0.25) is 11.8 Å². The molecule has 0 unspecified atom stereocenters. The van der Waals surface area contributed by atoms with Crippen molar-refractivity contribution in [3.8, 4) is 0 Å². The fourth-order valence-electron chi connectivity index (χ4n) is 4.83. The van der Waals surface area contributed by atoms with Crippen LogP contribution < -0.4 is 9.62 Å². The van der Waals surface area contributed by atoms with Crippen LogP contribution in [0.3, 0.4) is 0 Å². The molecule has 2 atom stereocenters. The molecule has 0 radical (unpaired) electrons. The summed E-state index contributed by atoms with van der Waals surface area (Å²) in [5.41, 5.74) is 2.70. The molecule has 0 fully saturated rings. The van der Waals surface area contributed by atoms with Crippen LogP contribution >= 0.6 is 27.5 Å². The third-order valence-electron chi connectivity index (χ3n) is 7.52. The Balaban J connectivity index is 1.82. The van der Waals surface area contributed by atoms with Gasteiger partial charge < -0.3 is 10.2 Å². The summed E-state index contributed by atoms with van der Waals surface area (Å²) in [6, 6.07) is 28.8. The first-order valence-corrected chi connectivity index (χ1v) is 17.3. The van der Waals surface area contributed by atoms with E-state index in [9.17, 15) is 18.0 Å². The lowest BCUT2D eigenvalue weighted by Crippen LogP contribution is -2.54. The molecular weight excluding hydrogens is 674 g/mol. The van der Waals surface area contributed by atoms with E-state index in [1.807, 2.05) is 75.4 Å². The minimum Gasteiger partial charge on any atom is -0.352 e. The van der Waals surface area contributed by atoms with E-state index in [-0.39, 0.29) is 40.5 Å². The second-order valence-corrected chi connectivity index (χ2v) is 14.1. The molecule has 2 amide bonds. The number of benzene rings is 4. The topological polar surface area (TPSA) is 86.8 Å². The van der Waals surface area contributed by atoms with Crippen molar-refractivity contribution in [2.75, 3.05) is 10.8 Å². The molecule has 236 valence electrons. The summed E-state index contributed by atoms with van der Waals surface area (Å²) in [4.78, 5) is 29.9. The average Bonchev–Trinajstić information content (AvgIpc) is 3.02. The van der Waals surface area contributed by atoms with Gasteiger partial charge in [-0.2, -0.15) is 0 Å². The maximum Gasteiger partial charge on any atom is 0.264 e. The predicted molar refractivity (Wildman–Crippen MR) is 184 cm³/mol. The Morgan fingerprint density at radius 3 is 2.18 bits per heavy atom. The first kappa shape index (κ1) is 34.2. The Hall–Kier alpha value is -3.66. The van der Waals surface area contributed by atoms with Crippen LogP contribution in [-0.4, -0.2) is 43.8 Å². The number of hydrogen-bond donors (Lipinski definition) is 1. The van der Waals surface area contributed by atoms with Crippen molar-refractivity contribution in [3.63, 3.8) is 0 Å². The highest BCUT2D eigenvalue weighted by molar-refractivity contribution is 9.10. The highest BCUT2D eigenvalue weighted by Gasteiger charge is 2.35. The highest BCUT2D eigenvalue weighted by atomic mass is 79.9. The van der Waals surface area contributed by atoms with E-state index in [1.54, 1.807) is 36.4 Å². The van der Waals surface area contributed by atoms with E-state index in [2.05, 4.69) is 21.2 Å². The van der Waals surface area contributed by atoms with Gasteiger partial charge in [-0.1, -0.05) is 107 Å². The molecule has 0 heterocycles. The number of rotatable bonds is 13. The van der Waals surface area contributed by atoms with Crippen molar-refractivity contribution >= 4 is 55.1 Å². The Morgan fingerprint density at radius 2 is 1.53 bits per heavy atom. The second kappa shape index (κ2) is 15.6. The zero-order valence-corrected chi connectivity index (χ0v) is 28.6. The molecular formula is C35H37BrClN3O4S. The third-order valence-corrected chi connectivity index (χ3v) is 10.1. The second-order valence-electron chi connectivity index (χ2n) is 11.0. The molecule has 0 aliphatic carbocycles. The Bertz CT molecular complexity index is 1720. The number of nitrogens with one attached hydrogen (secondary N) is 1. The fourth-order valence-corrected chi connectivity index (χ4v) is 7.00. The lowest BCUT2D eigenvalue weighted by molar-refractivity contribution is -0.140. The van der Waals surface area contributed by atoms with Crippen molar-refractivity contribution in [3.05, 3.63) is 129 Å². The molecule has 0 bridgehead atoms. The van der Waals surface area contributed by atoms with E-state index >= 15 is 0 Å². The van der Waals surface area contributed by atoms with Gasteiger partial charge in [-0.25, -0.2) is 8.42 Å². The van der Waals surface area contributed by atoms with Crippen LogP contribution in [0, 0.1) is 6.92 Å². The normalized spacial score (nSPS) is 12.6. The lowest BCUT2D eigenvalue weighted by atomic mass is 10.0. The van der Waals surface area contributed by atoms with Crippen molar-refractivity contribution in [1.82, 2.24) is 10.2 Å². The van der Waals surface area contributed by atoms with E-state index in [1.165, 1.54) is 17.0 Å². The van der Waals surface area contributed by atoms with Crippen LogP contribution in [0.4, 0.5) is 5.69 Å². The molecule has 7 nitrogen and oxygen atoms in total. The Labute approximate surface area is 279 Å². The van der Waals surface area contributed by atoms with Gasteiger partial charge in [-0.3, -0.25) is 13.9 Å². The highest BCUT2D eigenvalue weighted by Crippen LogP contribution is 2.31. The smallest absolute Gasteiger partial charge is 0.264 e. The van der Waals surface area contributed by atoms with Gasteiger partial charge in [0, 0.05) is 23.5 Å². The number of amides is 2. The van der Waals surface area contributed by atoms with Crippen LogP contribution in [0.5, 0.6) is 0 Å². The van der Waals surface area contributed by atoms with Crippen molar-refractivity contribution in [2.24, 2.45) is 0 Å². The van der Waals surface area contributed by atoms with Crippen LogP contribution in [0.2, 0.25) is 5.02 Å².